The van der Waals surface area contributed by atoms with Gasteiger partial charge in [-0.2, -0.15) is 4.98 Å². The van der Waals surface area contributed by atoms with E-state index in [4.69, 9.17) is 15.2 Å². The fourth-order valence-corrected chi connectivity index (χ4v) is 1.61. The van der Waals surface area contributed by atoms with Gasteiger partial charge < -0.3 is 15.2 Å². The molecule has 0 radical (unpaired) electrons. The van der Waals surface area contributed by atoms with Crippen LogP contribution in [0.15, 0.2) is 30.3 Å². The third kappa shape index (κ3) is 2.98. The van der Waals surface area contributed by atoms with Gasteiger partial charge in [-0.1, -0.05) is 12.1 Å². The van der Waals surface area contributed by atoms with Gasteiger partial charge in [-0.15, -0.1) is 0 Å². The Morgan fingerprint density at radius 3 is 2.68 bits per heavy atom. The van der Waals surface area contributed by atoms with Crippen LogP contribution in [0.1, 0.15) is 5.69 Å². The SMILES string of the molecule is COc1cc(C)nc(-c2ccccc2OC(N)=O)n1. The van der Waals surface area contributed by atoms with Gasteiger partial charge in [-0.25, -0.2) is 9.78 Å². The minimum Gasteiger partial charge on any atom is -0.481 e. The monoisotopic (exact) mass is 259 g/mol. The number of benzene rings is 1. The van der Waals surface area contributed by atoms with Crippen LogP contribution in [0.2, 0.25) is 0 Å². The highest BCUT2D eigenvalue weighted by Gasteiger charge is 2.12. The molecule has 19 heavy (non-hydrogen) atoms. The zero-order chi connectivity index (χ0) is 13.8. The maximum atomic E-state index is 10.9. The number of aromatic nitrogens is 2. The Bertz CT molecular complexity index is 614. The molecule has 0 bridgehead atoms. The number of rotatable bonds is 3. The zero-order valence-electron chi connectivity index (χ0n) is 10.6. The summed E-state index contributed by atoms with van der Waals surface area (Å²) in [5, 5.41) is 0. The molecule has 1 amide bonds. The second kappa shape index (κ2) is 5.34. The van der Waals surface area contributed by atoms with Crippen molar-refractivity contribution in [3.63, 3.8) is 0 Å². The Kier molecular flexibility index (Phi) is 3.61. The third-order valence-electron chi connectivity index (χ3n) is 2.38. The molecule has 1 aromatic carbocycles. The molecule has 0 spiro atoms. The van der Waals surface area contributed by atoms with Crippen molar-refractivity contribution in [2.75, 3.05) is 7.11 Å². The van der Waals surface area contributed by atoms with E-state index in [0.29, 0.717) is 23.0 Å². The van der Waals surface area contributed by atoms with Crippen molar-refractivity contribution in [1.29, 1.82) is 0 Å². The van der Waals surface area contributed by atoms with Crippen molar-refractivity contribution in [3.8, 4) is 23.0 Å². The van der Waals surface area contributed by atoms with Crippen molar-refractivity contribution in [1.82, 2.24) is 9.97 Å². The third-order valence-corrected chi connectivity index (χ3v) is 2.38. The minimum atomic E-state index is -0.882. The molecule has 6 heteroatoms. The van der Waals surface area contributed by atoms with Crippen molar-refractivity contribution >= 4 is 6.09 Å². The fraction of sp³-hybridized carbons (Fsp3) is 0.154. The predicted octanol–water partition coefficient (Wildman–Crippen LogP) is 1.92. The molecule has 2 N–H and O–H groups in total. The number of carbonyl (C=O) groups is 1. The van der Waals surface area contributed by atoms with Crippen molar-refractivity contribution < 1.29 is 14.3 Å². The van der Waals surface area contributed by atoms with Gasteiger partial charge in [0.2, 0.25) is 5.88 Å². The Hall–Kier alpha value is -2.63. The number of nitrogens with zero attached hydrogens (tertiary/aromatic N) is 2. The van der Waals surface area contributed by atoms with Crippen LogP contribution in [0, 0.1) is 6.92 Å². The summed E-state index contributed by atoms with van der Waals surface area (Å²) in [4.78, 5) is 19.4. The van der Waals surface area contributed by atoms with E-state index in [-0.39, 0.29) is 0 Å². The van der Waals surface area contributed by atoms with Crippen LogP contribution in [-0.2, 0) is 0 Å². The molecule has 0 fully saturated rings. The molecule has 0 aliphatic carbocycles. The van der Waals surface area contributed by atoms with E-state index in [9.17, 15) is 4.79 Å². The van der Waals surface area contributed by atoms with E-state index in [2.05, 4.69) is 9.97 Å². The standard InChI is InChI=1S/C13H13N3O3/c1-8-7-11(18-2)16-12(15-8)9-5-3-4-6-10(9)19-13(14)17/h3-7H,1-2H3,(H2,14,17). The normalized spacial score (nSPS) is 10.0. The van der Waals surface area contributed by atoms with Crippen LogP contribution < -0.4 is 15.2 Å². The predicted molar refractivity (Wildman–Crippen MR) is 69.0 cm³/mol. The summed E-state index contributed by atoms with van der Waals surface area (Å²) in [6, 6.07) is 8.60. The van der Waals surface area contributed by atoms with Crippen molar-refractivity contribution in [2.24, 2.45) is 5.73 Å². The molecule has 1 aromatic heterocycles. The molecule has 2 aromatic rings. The van der Waals surface area contributed by atoms with Crippen LogP contribution in [-0.4, -0.2) is 23.2 Å². The van der Waals surface area contributed by atoms with E-state index in [1.807, 2.05) is 6.92 Å². The average molecular weight is 259 g/mol. The first-order chi connectivity index (χ1) is 9.10. The number of ether oxygens (including phenoxy) is 2. The highest BCUT2D eigenvalue weighted by atomic mass is 16.5. The first-order valence-corrected chi connectivity index (χ1v) is 5.56. The maximum Gasteiger partial charge on any atom is 0.409 e. The molecule has 1 heterocycles. The van der Waals surface area contributed by atoms with Crippen LogP contribution in [0.4, 0.5) is 4.79 Å². The van der Waals surface area contributed by atoms with Crippen LogP contribution in [0.3, 0.4) is 0 Å². The molecule has 0 aliphatic heterocycles. The molecule has 6 nitrogen and oxygen atoms in total. The molecule has 98 valence electrons. The summed E-state index contributed by atoms with van der Waals surface area (Å²) in [6.45, 7) is 1.82. The lowest BCUT2D eigenvalue weighted by Crippen LogP contribution is -2.16. The number of methoxy groups -OCH3 is 1. The summed E-state index contributed by atoms with van der Waals surface area (Å²) in [6.07, 6.45) is -0.882. The largest absolute Gasteiger partial charge is 0.481 e. The van der Waals surface area contributed by atoms with Gasteiger partial charge in [0, 0.05) is 11.8 Å². The zero-order valence-corrected chi connectivity index (χ0v) is 10.6. The van der Waals surface area contributed by atoms with E-state index >= 15 is 0 Å². The first-order valence-electron chi connectivity index (χ1n) is 5.56. The highest BCUT2D eigenvalue weighted by molar-refractivity contribution is 5.73. The molecule has 2 rings (SSSR count). The summed E-state index contributed by atoms with van der Waals surface area (Å²) in [5.74, 6) is 1.16. The number of para-hydroxylation sites is 1. The number of hydrogen-bond acceptors (Lipinski definition) is 5. The molecule has 0 unspecified atom stereocenters. The Balaban J connectivity index is 2.52. The lowest BCUT2D eigenvalue weighted by Gasteiger charge is -2.09. The maximum absolute atomic E-state index is 10.9. The van der Waals surface area contributed by atoms with Crippen molar-refractivity contribution in [3.05, 3.63) is 36.0 Å². The van der Waals surface area contributed by atoms with E-state index in [0.717, 1.165) is 5.69 Å². The molecule has 0 saturated heterocycles. The van der Waals surface area contributed by atoms with Gasteiger partial charge in [0.05, 0.1) is 12.7 Å². The molecular formula is C13H13N3O3. The average Bonchev–Trinajstić information content (AvgIpc) is 2.38. The number of hydrogen-bond donors (Lipinski definition) is 1. The number of nitrogens with two attached hydrogens (primary N) is 1. The van der Waals surface area contributed by atoms with Crippen LogP contribution in [0.25, 0.3) is 11.4 Å². The second-order valence-corrected chi connectivity index (χ2v) is 3.79. The Labute approximate surface area is 110 Å². The quantitative estimate of drug-likeness (QED) is 0.909. The number of aryl methyl sites for hydroxylation is 1. The summed E-state index contributed by atoms with van der Waals surface area (Å²) >= 11 is 0. The summed E-state index contributed by atoms with van der Waals surface area (Å²) in [7, 11) is 1.53. The number of amides is 1. The van der Waals surface area contributed by atoms with Gasteiger partial charge in [0.1, 0.15) is 5.75 Å². The van der Waals surface area contributed by atoms with Crippen LogP contribution in [0.5, 0.6) is 11.6 Å². The molecule has 0 aliphatic rings. The number of carbonyl (C=O) groups excluding carboxylic acids is 1. The topological polar surface area (TPSA) is 87.3 Å². The first kappa shape index (κ1) is 12.8. The lowest BCUT2D eigenvalue weighted by atomic mass is 10.2. The second-order valence-electron chi connectivity index (χ2n) is 3.79. The minimum absolute atomic E-state index is 0.308. The molecule has 0 atom stereocenters. The lowest BCUT2D eigenvalue weighted by molar-refractivity contribution is 0.211. The Morgan fingerprint density at radius 2 is 2.00 bits per heavy atom. The summed E-state index contributed by atoms with van der Waals surface area (Å²) in [5.41, 5.74) is 6.35. The van der Waals surface area contributed by atoms with Crippen LogP contribution >= 0.6 is 0 Å². The molecular weight excluding hydrogens is 246 g/mol. The van der Waals surface area contributed by atoms with Gasteiger partial charge >= 0.3 is 6.09 Å². The summed E-state index contributed by atoms with van der Waals surface area (Å²) < 4.78 is 10.0. The van der Waals surface area contributed by atoms with E-state index < -0.39 is 6.09 Å². The number of primary amides is 1. The molecule has 0 saturated carbocycles. The van der Waals surface area contributed by atoms with Gasteiger partial charge in [-0.05, 0) is 19.1 Å². The highest BCUT2D eigenvalue weighted by Crippen LogP contribution is 2.28. The van der Waals surface area contributed by atoms with Gasteiger partial charge in [-0.3, -0.25) is 0 Å². The Morgan fingerprint density at radius 1 is 1.26 bits per heavy atom. The van der Waals surface area contributed by atoms with E-state index in [1.165, 1.54) is 7.11 Å². The van der Waals surface area contributed by atoms with Gasteiger partial charge in [0.15, 0.2) is 5.82 Å². The van der Waals surface area contributed by atoms with Crippen molar-refractivity contribution in [2.45, 2.75) is 6.92 Å². The smallest absolute Gasteiger partial charge is 0.409 e. The fourth-order valence-electron chi connectivity index (χ4n) is 1.61. The van der Waals surface area contributed by atoms with Gasteiger partial charge in [0.25, 0.3) is 0 Å². The van der Waals surface area contributed by atoms with E-state index in [1.54, 1.807) is 30.3 Å².